The number of rotatable bonds is 3. The fourth-order valence-corrected chi connectivity index (χ4v) is 3.71. The van der Waals surface area contributed by atoms with Crippen LogP contribution in [0.3, 0.4) is 0 Å². The van der Waals surface area contributed by atoms with Crippen LogP contribution in [0.1, 0.15) is 40.5 Å². The summed E-state index contributed by atoms with van der Waals surface area (Å²) in [5.74, 6) is 0. The number of nitro benzene ring substituents is 1. The van der Waals surface area contributed by atoms with Crippen LogP contribution in [0, 0.1) is 10.1 Å². The molecule has 0 radical (unpaired) electrons. The number of nitro groups is 1. The zero-order valence-electron chi connectivity index (χ0n) is 14.3. The minimum atomic E-state index is -0.533. The third kappa shape index (κ3) is 4.82. The average Bonchev–Trinajstić information content (AvgIpc) is 2.36. The number of hydrogen-bond acceptors (Lipinski definition) is 4. The van der Waals surface area contributed by atoms with E-state index in [9.17, 15) is 14.9 Å². The Bertz CT molecular complexity index is 645. The highest BCUT2D eigenvalue weighted by molar-refractivity contribution is 6.33. The molecule has 2 amide bonds. The number of hydrogen-bond donors (Lipinski definition) is 3. The molecule has 0 bridgehead atoms. The van der Waals surface area contributed by atoms with Gasteiger partial charge in [0.25, 0.3) is 5.69 Å². The SMILES string of the molecule is CC1(C)CC(NC(=O)Nc2ccc([N+](=O)[O-])cc2Cl)CC(C)(C)N1. The Hall–Kier alpha value is -1.86. The second kappa shape index (κ2) is 6.57. The van der Waals surface area contributed by atoms with Crippen molar-refractivity contribution in [1.82, 2.24) is 10.6 Å². The molecule has 2 rings (SSSR count). The van der Waals surface area contributed by atoms with Gasteiger partial charge in [0.05, 0.1) is 15.6 Å². The van der Waals surface area contributed by atoms with Crippen molar-refractivity contribution in [2.45, 2.75) is 57.7 Å². The highest BCUT2D eigenvalue weighted by Crippen LogP contribution is 2.29. The molecule has 1 saturated heterocycles. The molecule has 1 aromatic carbocycles. The lowest BCUT2D eigenvalue weighted by Crippen LogP contribution is -2.62. The summed E-state index contributed by atoms with van der Waals surface area (Å²) in [6.45, 7) is 8.42. The standard InChI is InChI=1S/C16H23ClN4O3/c1-15(2)8-10(9-16(3,4)20-15)18-14(22)19-13-6-5-11(21(23)24)7-12(13)17/h5-7,10,20H,8-9H2,1-4H3,(H2,18,19,22). The van der Waals surface area contributed by atoms with Crippen LogP contribution in [0.25, 0.3) is 0 Å². The van der Waals surface area contributed by atoms with Crippen molar-refractivity contribution in [3.8, 4) is 0 Å². The van der Waals surface area contributed by atoms with E-state index >= 15 is 0 Å². The van der Waals surface area contributed by atoms with E-state index in [-0.39, 0.29) is 33.9 Å². The molecule has 0 saturated carbocycles. The first-order chi connectivity index (χ1) is 11.0. The molecule has 0 unspecified atom stereocenters. The number of non-ortho nitro benzene ring substituents is 1. The lowest BCUT2D eigenvalue weighted by atomic mass is 9.80. The Kier molecular flexibility index (Phi) is 5.05. The highest BCUT2D eigenvalue weighted by Gasteiger charge is 2.38. The third-order valence-electron chi connectivity index (χ3n) is 3.94. The maximum Gasteiger partial charge on any atom is 0.319 e. The normalized spacial score (nSPS) is 19.5. The molecule has 1 aliphatic rings. The summed E-state index contributed by atoms with van der Waals surface area (Å²) in [6.07, 6.45) is 1.61. The van der Waals surface area contributed by atoms with Gasteiger partial charge >= 0.3 is 6.03 Å². The molecule has 1 fully saturated rings. The molecule has 8 heteroatoms. The minimum absolute atomic E-state index is 0.0214. The Morgan fingerprint density at radius 3 is 2.38 bits per heavy atom. The van der Waals surface area contributed by atoms with E-state index in [2.05, 4.69) is 43.6 Å². The van der Waals surface area contributed by atoms with Crippen molar-refractivity contribution < 1.29 is 9.72 Å². The lowest BCUT2D eigenvalue weighted by Gasteiger charge is -2.46. The van der Waals surface area contributed by atoms with Gasteiger partial charge in [0.15, 0.2) is 0 Å². The number of nitrogens with one attached hydrogen (secondary N) is 3. The second-order valence-corrected chi connectivity index (χ2v) is 7.92. The largest absolute Gasteiger partial charge is 0.335 e. The lowest BCUT2D eigenvalue weighted by molar-refractivity contribution is -0.384. The first-order valence-corrected chi connectivity index (χ1v) is 8.16. The Labute approximate surface area is 146 Å². The van der Waals surface area contributed by atoms with E-state index in [0.717, 1.165) is 12.8 Å². The summed E-state index contributed by atoms with van der Waals surface area (Å²) in [4.78, 5) is 22.4. The smallest absolute Gasteiger partial charge is 0.319 e. The quantitative estimate of drug-likeness (QED) is 0.569. The molecule has 1 aliphatic heterocycles. The first-order valence-electron chi connectivity index (χ1n) is 7.78. The Morgan fingerprint density at radius 2 is 1.88 bits per heavy atom. The number of nitrogens with zero attached hydrogens (tertiary/aromatic N) is 1. The fourth-order valence-electron chi connectivity index (χ4n) is 3.49. The number of benzene rings is 1. The van der Waals surface area contributed by atoms with Crippen LogP contribution < -0.4 is 16.0 Å². The predicted octanol–water partition coefficient (Wildman–Crippen LogP) is 3.68. The molecular formula is C16H23ClN4O3. The highest BCUT2D eigenvalue weighted by atomic mass is 35.5. The summed E-state index contributed by atoms with van der Waals surface area (Å²) >= 11 is 5.99. The predicted molar refractivity (Wildman–Crippen MR) is 94.6 cm³/mol. The van der Waals surface area contributed by atoms with E-state index < -0.39 is 4.92 Å². The molecular weight excluding hydrogens is 332 g/mol. The van der Waals surface area contributed by atoms with Gasteiger partial charge in [-0.3, -0.25) is 10.1 Å². The Balaban J connectivity index is 2.02. The number of piperidine rings is 1. The van der Waals surface area contributed by atoms with E-state index in [4.69, 9.17) is 11.6 Å². The molecule has 7 nitrogen and oxygen atoms in total. The van der Waals surface area contributed by atoms with Crippen LogP contribution in [-0.4, -0.2) is 28.1 Å². The van der Waals surface area contributed by atoms with Crippen LogP contribution in [0.5, 0.6) is 0 Å². The van der Waals surface area contributed by atoms with Gasteiger partial charge < -0.3 is 16.0 Å². The summed E-state index contributed by atoms with van der Waals surface area (Å²) in [6, 6.07) is 3.60. The van der Waals surface area contributed by atoms with Gasteiger partial charge in [-0.25, -0.2) is 4.79 Å². The van der Waals surface area contributed by atoms with Crippen molar-refractivity contribution in [3.05, 3.63) is 33.3 Å². The fraction of sp³-hybridized carbons (Fsp3) is 0.562. The zero-order valence-corrected chi connectivity index (χ0v) is 15.0. The average molecular weight is 355 g/mol. The minimum Gasteiger partial charge on any atom is -0.335 e. The van der Waals surface area contributed by atoms with Gasteiger partial charge in [-0.2, -0.15) is 0 Å². The number of anilines is 1. The van der Waals surface area contributed by atoms with Crippen molar-refractivity contribution >= 4 is 29.0 Å². The monoisotopic (exact) mass is 354 g/mol. The first kappa shape index (κ1) is 18.5. The van der Waals surface area contributed by atoms with Crippen LogP contribution in [0.2, 0.25) is 5.02 Å². The molecule has 24 heavy (non-hydrogen) atoms. The van der Waals surface area contributed by atoms with Crippen LogP contribution in [0.15, 0.2) is 18.2 Å². The summed E-state index contributed by atoms with van der Waals surface area (Å²) in [5.41, 5.74) is 0.0649. The van der Waals surface area contributed by atoms with Crippen molar-refractivity contribution in [2.24, 2.45) is 0 Å². The number of amides is 2. The third-order valence-corrected chi connectivity index (χ3v) is 4.25. The van der Waals surface area contributed by atoms with Gasteiger partial charge in [0.1, 0.15) is 0 Å². The van der Waals surface area contributed by atoms with Gasteiger partial charge in [-0.15, -0.1) is 0 Å². The number of halogens is 1. The molecule has 0 aliphatic carbocycles. The molecule has 3 N–H and O–H groups in total. The maximum absolute atomic E-state index is 12.2. The summed E-state index contributed by atoms with van der Waals surface area (Å²) < 4.78 is 0. The van der Waals surface area contributed by atoms with Gasteiger partial charge in [-0.05, 0) is 46.6 Å². The molecule has 1 aromatic rings. The Morgan fingerprint density at radius 1 is 1.29 bits per heavy atom. The topological polar surface area (TPSA) is 96.3 Å². The molecule has 0 aromatic heterocycles. The van der Waals surface area contributed by atoms with Crippen molar-refractivity contribution in [3.63, 3.8) is 0 Å². The summed E-state index contributed by atoms with van der Waals surface area (Å²) in [5, 5.41) is 20.0. The van der Waals surface area contributed by atoms with E-state index in [0.29, 0.717) is 5.69 Å². The van der Waals surface area contributed by atoms with Crippen molar-refractivity contribution in [2.75, 3.05) is 5.32 Å². The van der Waals surface area contributed by atoms with Crippen molar-refractivity contribution in [1.29, 1.82) is 0 Å². The second-order valence-electron chi connectivity index (χ2n) is 7.52. The number of urea groups is 1. The number of carbonyl (C=O) groups excluding carboxylic acids is 1. The van der Waals surface area contributed by atoms with Gasteiger partial charge in [-0.1, -0.05) is 11.6 Å². The van der Waals surface area contributed by atoms with E-state index in [1.54, 1.807) is 0 Å². The van der Waals surface area contributed by atoms with Gasteiger partial charge in [0, 0.05) is 29.3 Å². The summed E-state index contributed by atoms with van der Waals surface area (Å²) in [7, 11) is 0. The molecule has 132 valence electrons. The van der Waals surface area contributed by atoms with E-state index in [1.807, 2.05) is 0 Å². The van der Waals surface area contributed by atoms with Crippen LogP contribution in [0.4, 0.5) is 16.2 Å². The van der Waals surface area contributed by atoms with Crippen LogP contribution in [-0.2, 0) is 0 Å². The van der Waals surface area contributed by atoms with Crippen LogP contribution >= 0.6 is 11.6 Å². The van der Waals surface area contributed by atoms with E-state index in [1.165, 1.54) is 18.2 Å². The zero-order chi connectivity index (χ0) is 18.1. The molecule has 0 spiro atoms. The molecule has 0 atom stereocenters. The van der Waals surface area contributed by atoms with Gasteiger partial charge in [0.2, 0.25) is 0 Å². The molecule has 1 heterocycles. The number of carbonyl (C=O) groups is 1. The maximum atomic E-state index is 12.2.